The molecular formula is C11H21N3OS2Tc. The van der Waals surface area contributed by atoms with Gasteiger partial charge < -0.3 is 40.8 Å². The molecule has 1 heterocycles. The number of hydrogen-bond acceptors (Lipinski definition) is 4. The first-order chi connectivity index (χ1) is 8.69. The summed E-state index contributed by atoms with van der Waals surface area (Å²) in [6.45, 7) is 8.06. The molecule has 0 radical (unpaired) electrons. The SMILES string of the molecule is CC(C)N1C[C@@H]([N-]CC[S-])[C@H]([N-]CC[S-])C1.[O]=[Tc+4]. The van der Waals surface area contributed by atoms with Crippen LogP contribution in [-0.4, -0.2) is 60.7 Å². The summed E-state index contributed by atoms with van der Waals surface area (Å²) in [6, 6.07) is 1.25. The number of rotatable bonds is 7. The molecule has 0 aromatic carbocycles. The molecule has 2 atom stereocenters. The number of hydrogen-bond donors (Lipinski definition) is 0. The van der Waals surface area contributed by atoms with Crippen molar-refractivity contribution < 1.29 is 22.4 Å². The second-order valence-electron chi connectivity index (χ2n) is 4.40. The zero-order chi connectivity index (χ0) is 14.0. The van der Waals surface area contributed by atoms with Crippen molar-refractivity contribution >= 4 is 25.3 Å². The van der Waals surface area contributed by atoms with E-state index in [9.17, 15) is 0 Å². The molecule has 18 heavy (non-hydrogen) atoms. The number of likely N-dealkylation sites (tertiary alicyclic amines) is 1. The average molecular weight is 373 g/mol. The van der Waals surface area contributed by atoms with E-state index in [2.05, 4.69) is 29.4 Å². The molecule has 0 unspecified atom stereocenters. The minimum atomic E-state index is 0.340. The van der Waals surface area contributed by atoms with Crippen LogP contribution in [0.25, 0.3) is 10.6 Å². The van der Waals surface area contributed by atoms with Gasteiger partial charge in [0.05, 0.1) is 0 Å². The van der Waals surface area contributed by atoms with Gasteiger partial charge in [-0.05, 0) is 26.9 Å². The quantitative estimate of drug-likeness (QED) is 0.629. The van der Waals surface area contributed by atoms with Gasteiger partial charge in [0.2, 0.25) is 0 Å². The Hall–Kier alpha value is 1.03. The Morgan fingerprint density at radius 2 is 1.50 bits per heavy atom. The van der Waals surface area contributed by atoms with Crippen LogP contribution in [0.15, 0.2) is 0 Å². The molecule has 0 spiro atoms. The van der Waals surface area contributed by atoms with Crippen molar-refractivity contribution in [3.63, 3.8) is 0 Å². The van der Waals surface area contributed by atoms with Gasteiger partial charge in [0.25, 0.3) is 0 Å². The fourth-order valence-corrected chi connectivity index (χ4v) is 2.23. The molecule has 1 aliphatic rings. The standard InChI is InChI=1S/C11H23N3S2.O.Tc/c1-9(2)14-7-10(12-3-5-15)11(8-14)13-4-6-16;;/h9-11,15-16H,3-8H2,1-2H3;;/q-2;;+4/p-2/t10-,11-;;/m1../s1. The third kappa shape index (κ3) is 6.98. The van der Waals surface area contributed by atoms with Crippen molar-refractivity contribution in [1.29, 1.82) is 0 Å². The molecule has 1 aliphatic heterocycles. The van der Waals surface area contributed by atoms with Crippen molar-refractivity contribution in [2.75, 3.05) is 37.7 Å². The van der Waals surface area contributed by atoms with Crippen LogP contribution in [0, 0.1) is 0 Å². The molecule has 4 nitrogen and oxygen atoms in total. The van der Waals surface area contributed by atoms with Crippen LogP contribution in [0.1, 0.15) is 13.8 Å². The van der Waals surface area contributed by atoms with Crippen molar-refractivity contribution in [1.82, 2.24) is 4.90 Å². The average Bonchev–Trinajstić information content (AvgIpc) is 2.79. The van der Waals surface area contributed by atoms with Gasteiger partial charge in [-0.3, -0.25) is 0 Å². The Morgan fingerprint density at radius 3 is 1.78 bits per heavy atom. The van der Waals surface area contributed by atoms with Crippen LogP contribution in [0.4, 0.5) is 0 Å². The maximum absolute atomic E-state index is 8.22. The van der Waals surface area contributed by atoms with Gasteiger partial charge in [0.15, 0.2) is 0 Å². The molecule has 7 heteroatoms. The molecule has 0 aromatic rings. The first kappa shape index (κ1) is 19.0. The van der Waals surface area contributed by atoms with E-state index in [1.165, 1.54) is 0 Å². The van der Waals surface area contributed by atoms with E-state index in [-0.39, 0.29) is 0 Å². The van der Waals surface area contributed by atoms with Gasteiger partial charge in [0.1, 0.15) is 0 Å². The summed E-state index contributed by atoms with van der Waals surface area (Å²) in [7, 11) is 0. The normalized spacial score (nSPS) is 24.2. The van der Waals surface area contributed by atoms with Crippen LogP contribution in [0.5, 0.6) is 0 Å². The molecule has 0 saturated carbocycles. The molecule has 0 aromatic heterocycles. The molecule has 105 valence electrons. The van der Waals surface area contributed by atoms with Gasteiger partial charge in [0, 0.05) is 6.04 Å². The van der Waals surface area contributed by atoms with E-state index in [0.29, 0.717) is 29.6 Å². The van der Waals surface area contributed by atoms with Gasteiger partial charge in [-0.15, -0.1) is 12.1 Å². The number of nitrogens with zero attached hydrogens (tertiary/aromatic N) is 3. The van der Waals surface area contributed by atoms with E-state index in [1.54, 1.807) is 0 Å². The molecule has 0 amide bonds. The Bertz CT molecular complexity index is 197. The van der Waals surface area contributed by atoms with Crippen molar-refractivity contribution in [2.24, 2.45) is 0 Å². The Morgan fingerprint density at radius 1 is 1.11 bits per heavy atom. The molecule has 0 N–H and O–H groups in total. The third-order valence-corrected chi connectivity index (χ3v) is 3.29. The Labute approximate surface area is 132 Å². The van der Waals surface area contributed by atoms with Gasteiger partial charge >= 0.3 is 22.4 Å². The van der Waals surface area contributed by atoms with E-state index in [1.807, 2.05) is 0 Å². The summed E-state index contributed by atoms with van der Waals surface area (Å²) in [5, 5.41) is 9.27. The van der Waals surface area contributed by atoms with E-state index in [4.69, 9.17) is 28.8 Å². The summed E-state index contributed by atoms with van der Waals surface area (Å²) < 4.78 is 8.22. The van der Waals surface area contributed by atoms with Crippen LogP contribution >= 0.6 is 0 Å². The molecule has 1 rings (SSSR count). The molecule has 0 aliphatic carbocycles. The van der Waals surface area contributed by atoms with Crippen LogP contribution in [0.2, 0.25) is 0 Å². The van der Waals surface area contributed by atoms with Crippen LogP contribution < -0.4 is 0 Å². The maximum atomic E-state index is 8.22. The Kier molecular flexibility index (Phi) is 12.5. The summed E-state index contributed by atoms with van der Waals surface area (Å²) in [6.07, 6.45) is 0. The molecule has 1 saturated heterocycles. The van der Waals surface area contributed by atoms with Crippen LogP contribution in [-0.2, 0) is 47.6 Å². The summed E-state index contributed by atoms with van der Waals surface area (Å²) >= 11 is 10.8. The van der Waals surface area contributed by atoms with E-state index < -0.39 is 0 Å². The second kappa shape index (κ2) is 11.8. The molecule has 0 bridgehead atoms. The monoisotopic (exact) mass is 372 g/mol. The summed E-state index contributed by atoms with van der Waals surface area (Å²) in [4.78, 5) is 2.44. The fourth-order valence-electron chi connectivity index (χ4n) is 2.02. The fraction of sp³-hybridized carbons (Fsp3) is 1.00. The topological polar surface area (TPSA) is 48.5 Å². The van der Waals surface area contributed by atoms with Crippen molar-refractivity contribution in [3.8, 4) is 0 Å². The van der Waals surface area contributed by atoms with Gasteiger partial charge in [-0.2, -0.15) is 24.6 Å². The van der Waals surface area contributed by atoms with Crippen LogP contribution in [0.3, 0.4) is 0 Å². The summed E-state index contributed by atoms with van der Waals surface area (Å²) in [5.74, 6) is 1.43. The third-order valence-electron chi connectivity index (χ3n) is 2.93. The molecular weight excluding hydrogens is 352 g/mol. The zero-order valence-electron chi connectivity index (χ0n) is 10.9. The van der Waals surface area contributed by atoms with Crippen molar-refractivity contribution in [3.05, 3.63) is 10.6 Å². The van der Waals surface area contributed by atoms with Gasteiger partial charge in [-0.25, -0.2) is 0 Å². The van der Waals surface area contributed by atoms with Gasteiger partial charge in [-0.1, -0.05) is 0 Å². The predicted octanol–water partition coefficient (Wildman–Crippen LogP) is 1.17. The second-order valence-corrected chi connectivity index (χ2v) is 5.22. The minimum absolute atomic E-state index is 0.340. The Balaban J connectivity index is 0.00000137. The first-order valence-electron chi connectivity index (χ1n) is 6.08. The zero-order valence-corrected chi connectivity index (χ0v) is 14.4. The van der Waals surface area contributed by atoms with E-state index >= 15 is 0 Å². The predicted molar refractivity (Wildman–Crippen MR) is 75.9 cm³/mol. The molecule has 1 fully saturated rings. The summed E-state index contributed by atoms with van der Waals surface area (Å²) in [5.41, 5.74) is 0. The first-order valence-corrected chi connectivity index (χ1v) is 7.99. The van der Waals surface area contributed by atoms with Crippen molar-refractivity contribution in [2.45, 2.75) is 32.0 Å². The van der Waals surface area contributed by atoms with E-state index in [0.717, 1.165) is 45.0 Å².